The Bertz CT molecular complexity index is 521. The van der Waals surface area contributed by atoms with Crippen molar-refractivity contribution in [1.82, 2.24) is 25.1 Å². The van der Waals surface area contributed by atoms with Crippen LogP contribution in [-0.4, -0.2) is 32.9 Å². The average molecular weight is 275 g/mol. The SMILES string of the molecule is CCn1ccnc1[C@@H]1OCC[C@H]1CNCc1ccn[nH]1. The Morgan fingerprint density at radius 2 is 2.45 bits per heavy atom. The number of aryl methyl sites for hydroxylation is 1. The standard InChI is InChI=1S/C14H21N5O/c1-2-19-7-6-16-14(19)13-11(4-8-20-13)9-15-10-12-3-5-17-18-12/h3,5-7,11,13,15H,2,4,8-10H2,1H3,(H,17,18)/t11-,13+/m0/s1. The molecule has 108 valence electrons. The lowest BCUT2D eigenvalue weighted by atomic mass is 10.0. The van der Waals surface area contributed by atoms with E-state index in [1.165, 1.54) is 0 Å². The van der Waals surface area contributed by atoms with E-state index in [-0.39, 0.29) is 6.10 Å². The first-order chi connectivity index (χ1) is 9.88. The molecule has 3 heterocycles. The van der Waals surface area contributed by atoms with Gasteiger partial charge in [0.2, 0.25) is 0 Å². The number of aromatic amines is 1. The Balaban J connectivity index is 1.58. The van der Waals surface area contributed by atoms with Gasteiger partial charge in [-0.3, -0.25) is 5.10 Å². The van der Waals surface area contributed by atoms with Gasteiger partial charge in [-0.05, 0) is 19.4 Å². The highest BCUT2D eigenvalue weighted by atomic mass is 16.5. The average Bonchev–Trinajstić information content (AvgIpc) is 3.19. The second-order valence-electron chi connectivity index (χ2n) is 5.12. The minimum atomic E-state index is 0.110. The van der Waals surface area contributed by atoms with Crippen LogP contribution >= 0.6 is 0 Å². The van der Waals surface area contributed by atoms with E-state index in [1.54, 1.807) is 6.20 Å². The Morgan fingerprint density at radius 1 is 1.50 bits per heavy atom. The first kappa shape index (κ1) is 13.3. The summed E-state index contributed by atoms with van der Waals surface area (Å²) in [4.78, 5) is 4.47. The van der Waals surface area contributed by atoms with Crippen molar-refractivity contribution in [3.63, 3.8) is 0 Å². The highest BCUT2D eigenvalue weighted by Crippen LogP contribution is 2.33. The molecule has 6 nitrogen and oxygen atoms in total. The third-order valence-corrected chi connectivity index (χ3v) is 3.84. The summed E-state index contributed by atoms with van der Waals surface area (Å²) >= 11 is 0. The zero-order valence-corrected chi connectivity index (χ0v) is 11.7. The van der Waals surface area contributed by atoms with Gasteiger partial charge in [-0.25, -0.2) is 4.98 Å². The summed E-state index contributed by atoms with van der Waals surface area (Å²) in [5.41, 5.74) is 1.11. The Morgan fingerprint density at radius 3 is 3.25 bits per heavy atom. The van der Waals surface area contributed by atoms with Crippen molar-refractivity contribution in [2.45, 2.75) is 32.5 Å². The Hall–Kier alpha value is -1.66. The molecule has 1 aliphatic rings. The van der Waals surface area contributed by atoms with E-state index in [0.717, 1.165) is 44.2 Å². The molecule has 2 aromatic rings. The maximum Gasteiger partial charge on any atom is 0.138 e. The fraction of sp³-hybridized carbons (Fsp3) is 0.571. The summed E-state index contributed by atoms with van der Waals surface area (Å²) in [6.07, 6.45) is 6.84. The monoisotopic (exact) mass is 275 g/mol. The molecule has 0 saturated carbocycles. The predicted octanol–water partition coefficient (Wildman–Crippen LogP) is 1.49. The lowest BCUT2D eigenvalue weighted by Crippen LogP contribution is -2.26. The first-order valence-electron chi connectivity index (χ1n) is 7.20. The molecule has 20 heavy (non-hydrogen) atoms. The summed E-state index contributed by atoms with van der Waals surface area (Å²) in [6, 6.07) is 1.99. The number of nitrogens with one attached hydrogen (secondary N) is 2. The van der Waals surface area contributed by atoms with E-state index in [4.69, 9.17) is 4.74 Å². The number of H-pyrrole nitrogens is 1. The zero-order chi connectivity index (χ0) is 13.8. The van der Waals surface area contributed by atoms with E-state index in [9.17, 15) is 0 Å². The fourth-order valence-corrected chi connectivity index (χ4v) is 2.75. The van der Waals surface area contributed by atoms with Gasteiger partial charge in [0.05, 0.1) is 0 Å². The molecule has 1 saturated heterocycles. The lowest BCUT2D eigenvalue weighted by Gasteiger charge is -2.19. The van der Waals surface area contributed by atoms with Crippen LogP contribution in [0.25, 0.3) is 0 Å². The van der Waals surface area contributed by atoms with E-state index in [0.29, 0.717) is 5.92 Å². The molecule has 1 aliphatic heterocycles. The molecule has 1 fully saturated rings. The summed E-state index contributed by atoms with van der Waals surface area (Å²) in [5.74, 6) is 1.53. The normalized spacial score (nSPS) is 22.4. The molecule has 0 spiro atoms. The number of ether oxygens (including phenoxy) is 1. The van der Waals surface area contributed by atoms with Crippen LogP contribution in [0, 0.1) is 5.92 Å². The second-order valence-corrected chi connectivity index (χ2v) is 5.12. The van der Waals surface area contributed by atoms with Crippen molar-refractivity contribution in [2.75, 3.05) is 13.2 Å². The molecule has 2 aromatic heterocycles. The molecule has 0 amide bonds. The highest BCUT2D eigenvalue weighted by Gasteiger charge is 2.32. The zero-order valence-electron chi connectivity index (χ0n) is 11.7. The van der Waals surface area contributed by atoms with Crippen molar-refractivity contribution >= 4 is 0 Å². The van der Waals surface area contributed by atoms with E-state index >= 15 is 0 Å². The van der Waals surface area contributed by atoms with Crippen molar-refractivity contribution in [2.24, 2.45) is 5.92 Å². The van der Waals surface area contributed by atoms with Crippen LogP contribution in [0.5, 0.6) is 0 Å². The summed E-state index contributed by atoms with van der Waals surface area (Å²) in [6.45, 7) is 5.62. The quantitative estimate of drug-likeness (QED) is 0.838. The molecule has 6 heteroatoms. The fourth-order valence-electron chi connectivity index (χ4n) is 2.75. The first-order valence-corrected chi connectivity index (χ1v) is 7.20. The molecule has 0 radical (unpaired) electrons. The molecular weight excluding hydrogens is 254 g/mol. The Kier molecular flexibility index (Phi) is 4.13. The largest absolute Gasteiger partial charge is 0.370 e. The molecule has 2 atom stereocenters. The number of hydrogen-bond acceptors (Lipinski definition) is 4. The summed E-state index contributed by atoms with van der Waals surface area (Å²) < 4.78 is 8.06. The van der Waals surface area contributed by atoms with Crippen molar-refractivity contribution < 1.29 is 4.74 Å². The summed E-state index contributed by atoms with van der Waals surface area (Å²) in [5, 5.41) is 10.4. The molecule has 0 aliphatic carbocycles. The number of rotatable bonds is 6. The van der Waals surface area contributed by atoms with E-state index in [2.05, 4.69) is 32.0 Å². The van der Waals surface area contributed by atoms with Gasteiger partial charge in [0.1, 0.15) is 11.9 Å². The van der Waals surface area contributed by atoms with Gasteiger partial charge in [-0.1, -0.05) is 0 Å². The van der Waals surface area contributed by atoms with E-state index < -0.39 is 0 Å². The van der Waals surface area contributed by atoms with Gasteiger partial charge in [0.25, 0.3) is 0 Å². The maximum absolute atomic E-state index is 5.90. The summed E-state index contributed by atoms with van der Waals surface area (Å²) in [7, 11) is 0. The number of imidazole rings is 1. The van der Waals surface area contributed by atoms with Gasteiger partial charge in [0, 0.05) is 56.4 Å². The van der Waals surface area contributed by atoms with Crippen molar-refractivity contribution in [1.29, 1.82) is 0 Å². The number of aromatic nitrogens is 4. The Labute approximate surface area is 118 Å². The van der Waals surface area contributed by atoms with Crippen molar-refractivity contribution in [3.05, 3.63) is 36.2 Å². The van der Waals surface area contributed by atoms with E-state index in [1.807, 2.05) is 18.5 Å². The molecular formula is C14H21N5O. The lowest BCUT2D eigenvalue weighted by molar-refractivity contribution is 0.0803. The van der Waals surface area contributed by atoms with Crippen LogP contribution < -0.4 is 5.32 Å². The highest BCUT2D eigenvalue weighted by molar-refractivity contribution is 5.02. The van der Waals surface area contributed by atoms with Gasteiger partial charge >= 0.3 is 0 Å². The molecule has 0 unspecified atom stereocenters. The van der Waals surface area contributed by atoms with Crippen molar-refractivity contribution in [3.8, 4) is 0 Å². The second kappa shape index (κ2) is 6.19. The van der Waals surface area contributed by atoms with Gasteiger partial charge < -0.3 is 14.6 Å². The minimum Gasteiger partial charge on any atom is -0.370 e. The van der Waals surface area contributed by atoms with Gasteiger partial charge in [0.15, 0.2) is 0 Å². The number of nitrogens with zero attached hydrogens (tertiary/aromatic N) is 3. The van der Waals surface area contributed by atoms with Crippen LogP contribution in [0.2, 0.25) is 0 Å². The third kappa shape index (κ3) is 2.76. The van der Waals surface area contributed by atoms with Crippen LogP contribution in [0.1, 0.15) is 31.0 Å². The predicted molar refractivity (Wildman–Crippen MR) is 75.0 cm³/mol. The minimum absolute atomic E-state index is 0.110. The van der Waals surface area contributed by atoms with Crippen LogP contribution in [0.4, 0.5) is 0 Å². The maximum atomic E-state index is 5.90. The molecule has 3 rings (SSSR count). The molecule has 0 bridgehead atoms. The molecule has 0 aromatic carbocycles. The third-order valence-electron chi connectivity index (χ3n) is 3.84. The van der Waals surface area contributed by atoms with Crippen LogP contribution in [0.3, 0.4) is 0 Å². The number of hydrogen-bond donors (Lipinski definition) is 2. The topological polar surface area (TPSA) is 67.8 Å². The smallest absolute Gasteiger partial charge is 0.138 e. The van der Waals surface area contributed by atoms with Gasteiger partial charge in [-0.15, -0.1) is 0 Å². The molecule has 2 N–H and O–H groups in total. The van der Waals surface area contributed by atoms with Crippen LogP contribution in [0.15, 0.2) is 24.7 Å². The van der Waals surface area contributed by atoms with Gasteiger partial charge in [-0.2, -0.15) is 5.10 Å². The van der Waals surface area contributed by atoms with Crippen LogP contribution in [-0.2, 0) is 17.8 Å².